The third-order valence-electron chi connectivity index (χ3n) is 3.97. The number of hydrogen-bond acceptors (Lipinski definition) is 3. The van der Waals surface area contributed by atoms with Crippen molar-refractivity contribution in [2.24, 2.45) is 5.92 Å². The van der Waals surface area contributed by atoms with Gasteiger partial charge in [-0.2, -0.15) is 5.10 Å². The Bertz CT molecular complexity index is 620. The van der Waals surface area contributed by atoms with Gasteiger partial charge < -0.3 is 10.1 Å². The van der Waals surface area contributed by atoms with Crippen molar-refractivity contribution in [2.45, 2.75) is 32.2 Å². The molecule has 3 rings (SSSR count). The van der Waals surface area contributed by atoms with Gasteiger partial charge in [0.2, 0.25) is 5.91 Å². The molecule has 0 aliphatic heterocycles. The van der Waals surface area contributed by atoms with Crippen LogP contribution in [-0.2, 0) is 4.79 Å². The Balaban J connectivity index is 1.48. The molecule has 1 aromatic carbocycles. The number of para-hydroxylation sites is 1. The van der Waals surface area contributed by atoms with E-state index < -0.39 is 0 Å². The van der Waals surface area contributed by atoms with Crippen LogP contribution in [0.3, 0.4) is 0 Å². The van der Waals surface area contributed by atoms with Gasteiger partial charge in [0.1, 0.15) is 11.6 Å². The fourth-order valence-corrected chi connectivity index (χ4v) is 2.50. The Morgan fingerprint density at radius 2 is 2.14 bits per heavy atom. The molecule has 0 saturated heterocycles. The Morgan fingerprint density at radius 3 is 2.86 bits per heavy atom. The smallest absolute Gasteiger partial charge is 0.228 e. The predicted octanol–water partition coefficient (Wildman–Crippen LogP) is 3.26. The minimum Gasteiger partial charge on any atom is -0.493 e. The largest absolute Gasteiger partial charge is 0.493 e. The van der Waals surface area contributed by atoms with E-state index in [1.807, 2.05) is 41.1 Å². The number of aromatic nitrogens is 2. The second kappa shape index (κ2) is 6.64. The summed E-state index contributed by atoms with van der Waals surface area (Å²) >= 11 is 0. The molecule has 2 aromatic rings. The number of anilines is 1. The summed E-state index contributed by atoms with van der Waals surface area (Å²) in [6.07, 6.45) is 4.55. The molecule has 1 aliphatic rings. The van der Waals surface area contributed by atoms with Crippen molar-refractivity contribution in [3.63, 3.8) is 0 Å². The number of hydrogen-bond donors (Lipinski definition) is 1. The minimum atomic E-state index is -0.0549. The zero-order valence-electron chi connectivity index (χ0n) is 12.7. The van der Waals surface area contributed by atoms with Crippen LogP contribution in [-0.4, -0.2) is 22.3 Å². The normalized spacial score (nSPS) is 15.3. The fraction of sp³-hybridized carbons (Fsp3) is 0.412. The SMILES string of the molecule is CC(C1CC1)n1nccc1NC(=O)CCOc1ccccc1. The van der Waals surface area contributed by atoms with Gasteiger partial charge in [-0.3, -0.25) is 4.79 Å². The maximum absolute atomic E-state index is 12.0. The van der Waals surface area contributed by atoms with E-state index in [2.05, 4.69) is 17.3 Å². The van der Waals surface area contributed by atoms with E-state index in [4.69, 9.17) is 4.74 Å². The number of rotatable bonds is 7. The monoisotopic (exact) mass is 299 g/mol. The number of ether oxygens (including phenoxy) is 1. The Morgan fingerprint density at radius 1 is 1.36 bits per heavy atom. The van der Waals surface area contributed by atoms with Crippen molar-refractivity contribution in [3.05, 3.63) is 42.6 Å². The van der Waals surface area contributed by atoms with Gasteiger partial charge in [-0.1, -0.05) is 18.2 Å². The molecular weight excluding hydrogens is 278 g/mol. The topological polar surface area (TPSA) is 56.2 Å². The average Bonchev–Trinajstić information content (AvgIpc) is 3.28. The number of carbonyl (C=O) groups is 1. The lowest BCUT2D eigenvalue weighted by Gasteiger charge is -2.15. The van der Waals surface area contributed by atoms with Gasteiger partial charge in [0.15, 0.2) is 0 Å². The van der Waals surface area contributed by atoms with Crippen LogP contribution in [0, 0.1) is 5.92 Å². The van der Waals surface area contributed by atoms with Gasteiger partial charge in [0, 0.05) is 6.07 Å². The number of benzene rings is 1. The molecule has 1 fully saturated rings. The van der Waals surface area contributed by atoms with Crippen molar-refractivity contribution in [2.75, 3.05) is 11.9 Å². The Kier molecular flexibility index (Phi) is 4.42. The Labute approximate surface area is 130 Å². The minimum absolute atomic E-state index is 0.0549. The highest BCUT2D eigenvalue weighted by Gasteiger charge is 2.30. The summed E-state index contributed by atoms with van der Waals surface area (Å²) in [5, 5.41) is 7.25. The van der Waals surface area contributed by atoms with Crippen LogP contribution < -0.4 is 10.1 Å². The average molecular weight is 299 g/mol. The summed E-state index contributed by atoms with van der Waals surface area (Å²) in [5.74, 6) is 2.18. The van der Waals surface area contributed by atoms with E-state index in [0.29, 0.717) is 25.0 Å². The third-order valence-corrected chi connectivity index (χ3v) is 3.97. The first-order chi connectivity index (χ1) is 10.7. The first-order valence-electron chi connectivity index (χ1n) is 7.75. The zero-order chi connectivity index (χ0) is 15.4. The van der Waals surface area contributed by atoms with Crippen LogP contribution in [0.1, 0.15) is 32.2 Å². The summed E-state index contributed by atoms with van der Waals surface area (Å²) in [7, 11) is 0. The van der Waals surface area contributed by atoms with Crippen LogP contribution in [0.15, 0.2) is 42.6 Å². The third kappa shape index (κ3) is 3.67. The highest BCUT2D eigenvalue weighted by atomic mass is 16.5. The van der Waals surface area contributed by atoms with Crippen molar-refractivity contribution in [1.29, 1.82) is 0 Å². The van der Waals surface area contributed by atoms with E-state index in [0.717, 1.165) is 11.6 Å². The second-order valence-electron chi connectivity index (χ2n) is 5.70. The van der Waals surface area contributed by atoms with Gasteiger partial charge in [0.05, 0.1) is 25.3 Å². The summed E-state index contributed by atoms with van der Waals surface area (Å²) in [6.45, 7) is 2.51. The molecule has 1 aromatic heterocycles. The molecular formula is C17H21N3O2. The second-order valence-corrected chi connectivity index (χ2v) is 5.70. The van der Waals surface area contributed by atoms with E-state index in [-0.39, 0.29) is 5.91 Å². The van der Waals surface area contributed by atoms with E-state index in [1.54, 1.807) is 6.20 Å². The Hall–Kier alpha value is -2.30. The van der Waals surface area contributed by atoms with Crippen LogP contribution in [0.2, 0.25) is 0 Å². The molecule has 1 aliphatic carbocycles. The molecule has 1 unspecified atom stereocenters. The van der Waals surface area contributed by atoms with Gasteiger partial charge in [-0.05, 0) is 37.8 Å². The summed E-state index contributed by atoms with van der Waals surface area (Å²) in [4.78, 5) is 12.0. The molecule has 1 amide bonds. The number of nitrogens with zero attached hydrogens (tertiary/aromatic N) is 2. The van der Waals surface area contributed by atoms with Gasteiger partial charge >= 0.3 is 0 Å². The first-order valence-corrected chi connectivity index (χ1v) is 7.75. The van der Waals surface area contributed by atoms with Crippen LogP contribution in [0.5, 0.6) is 5.75 Å². The van der Waals surface area contributed by atoms with Crippen molar-refractivity contribution in [1.82, 2.24) is 9.78 Å². The standard InChI is InChI=1S/C17H21N3O2/c1-13(14-7-8-14)20-16(9-11-18-20)19-17(21)10-12-22-15-5-3-2-4-6-15/h2-6,9,11,13-14H,7-8,10,12H2,1H3,(H,19,21). The van der Waals surface area contributed by atoms with Crippen LogP contribution >= 0.6 is 0 Å². The number of nitrogens with one attached hydrogen (secondary N) is 1. The summed E-state index contributed by atoms with van der Waals surface area (Å²) in [6, 6.07) is 11.7. The van der Waals surface area contributed by atoms with Crippen LogP contribution in [0.25, 0.3) is 0 Å². The quantitative estimate of drug-likeness (QED) is 0.853. The predicted molar refractivity (Wildman–Crippen MR) is 84.8 cm³/mol. The molecule has 1 atom stereocenters. The molecule has 0 spiro atoms. The lowest BCUT2D eigenvalue weighted by molar-refractivity contribution is -0.116. The highest BCUT2D eigenvalue weighted by Crippen LogP contribution is 2.40. The molecule has 1 saturated carbocycles. The van der Waals surface area contributed by atoms with Gasteiger partial charge in [-0.15, -0.1) is 0 Å². The van der Waals surface area contributed by atoms with Crippen LogP contribution in [0.4, 0.5) is 5.82 Å². The number of amides is 1. The maximum atomic E-state index is 12.0. The van der Waals surface area contributed by atoms with Crippen molar-refractivity contribution in [3.8, 4) is 5.75 Å². The zero-order valence-corrected chi connectivity index (χ0v) is 12.7. The lowest BCUT2D eigenvalue weighted by Crippen LogP contribution is -2.19. The van der Waals surface area contributed by atoms with E-state index in [1.165, 1.54) is 12.8 Å². The fourth-order valence-electron chi connectivity index (χ4n) is 2.50. The summed E-state index contributed by atoms with van der Waals surface area (Å²) in [5.41, 5.74) is 0. The van der Waals surface area contributed by atoms with Crippen molar-refractivity contribution < 1.29 is 9.53 Å². The van der Waals surface area contributed by atoms with Gasteiger partial charge in [0.25, 0.3) is 0 Å². The first kappa shape index (κ1) is 14.6. The molecule has 0 bridgehead atoms. The molecule has 0 radical (unpaired) electrons. The molecule has 1 N–H and O–H groups in total. The molecule has 116 valence electrons. The number of carbonyl (C=O) groups excluding carboxylic acids is 1. The molecule has 5 heteroatoms. The lowest BCUT2D eigenvalue weighted by atomic mass is 10.2. The molecule has 22 heavy (non-hydrogen) atoms. The van der Waals surface area contributed by atoms with E-state index >= 15 is 0 Å². The van der Waals surface area contributed by atoms with Gasteiger partial charge in [-0.25, -0.2) is 4.68 Å². The van der Waals surface area contributed by atoms with E-state index in [9.17, 15) is 4.79 Å². The maximum Gasteiger partial charge on any atom is 0.228 e. The molecule has 1 heterocycles. The van der Waals surface area contributed by atoms with Crippen molar-refractivity contribution >= 4 is 11.7 Å². The highest BCUT2D eigenvalue weighted by molar-refractivity contribution is 5.89. The summed E-state index contributed by atoms with van der Waals surface area (Å²) < 4.78 is 7.45. The molecule has 5 nitrogen and oxygen atoms in total.